The molecule has 0 aliphatic heterocycles. The SMILES string of the molecule is [W]#[C][Ge]([c]1ccccc1)([c]1ccccc1)[c]1ccccc1. The summed E-state index contributed by atoms with van der Waals surface area (Å²) in [5.41, 5.74) is 0. The molecule has 0 saturated carbocycles. The predicted molar refractivity (Wildman–Crippen MR) is 87.9 cm³/mol. The van der Waals surface area contributed by atoms with Crippen molar-refractivity contribution in [1.82, 2.24) is 0 Å². The van der Waals surface area contributed by atoms with Gasteiger partial charge in [0, 0.05) is 0 Å². The van der Waals surface area contributed by atoms with Crippen molar-refractivity contribution >= 4 is 26.5 Å². The van der Waals surface area contributed by atoms with E-state index in [1.165, 1.54) is 32.3 Å². The van der Waals surface area contributed by atoms with E-state index in [9.17, 15) is 0 Å². The molecular formula is C19H15GeW. The van der Waals surface area contributed by atoms with Crippen molar-refractivity contribution in [1.29, 1.82) is 0 Å². The summed E-state index contributed by atoms with van der Waals surface area (Å²) in [6.07, 6.45) is 0. The predicted octanol–water partition coefficient (Wildman–Crippen LogP) is 2.20. The van der Waals surface area contributed by atoms with Crippen LogP contribution in [0.4, 0.5) is 0 Å². The van der Waals surface area contributed by atoms with Gasteiger partial charge in [0.25, 0.3) is 0 Å². The first kappa shape index (κ1) is 14.6. The Balaban J connectivity index is 2.32. The van der Waals surface area contributed by atoms with Crippen LogP contribution in [0.3, 0.4) is 0 Å². The molecule has 0 amide bonds. The molecule has 0 bridgehead atoms. The first-order valence-electron chi connectivity index (χ1n) is 6.94. The van der Waals surface area contributed by atoms with Crippen LogP contribution in [0.5, 0.6) is 0 Å². The second-order valence-corrected chi connectivity index (χ2v) is 16.0. The molecule has 3 rings (SSSR count). The van der Waals surface area contributed by atoms with Gasteiger partial charge in [-0.3, -0.25) is 0 Å². The van der Waals surface area contributed by atoms with Crippen molar-refractivity contribution in [2.45, 2.75) is 0 Å². The molecule has 101 valence electrons. The Morgan fingerprint density at radius 3 is 1.05 bits per heavy atom. The number of hydrogen-bond donors (Lipinski definition) is 0. The molecule has 0 unspecified atom stereocenters. The molecule has 3 aromatic carbocycles. The fourth-order valence-electron chi connectivity index (χ4n) is 2.74. The third kappa shape index (κ3) is 2.72. The molecule has 0 fully saturated rings. The molecule has 2 heteroatoms. The van der Waals surface area contributed by atoms with Gasteiger partial charge in [0.05, 0.1) is 0 Å². The monoisotopic (exact) mass is 501 g/mol. The van der Waals surface area contributed by atoms with Gasteiger partial charge in [-0.2, -0.15) is 0 Å². The van der Waals surface area contributed by atoms with Crippen LogP contribution in [-0.2, 0) is 19.2 Å². The van der Waals surface area contributed by atoms with Crippen LogP contribution in [0.1, 0.15) is 0 Å². The molecule has 0 aliphatic rings. The fraction of sp³-hybridized carbons (Fsp3) is 0. The molecule has 0 nitrogen and oxygen atoms in total. The van der Waals surface area contributed by atoms with Gasteiger partial charge >= 0.3 is 140 Å². The van der Waals surface area contributed by atoms with Crippen LogP contribution in [-0.4, -0.2) is 13.3 Å². The minimum absolute atomic E-state index is 1.43. The van der Waals surface area contributed by atoms with Crippen LogP contribution in [0.2, 0.25) is 0 Å². The van der Waals surface area contributed by atoms with Crippen LogP contribution >= 0.6 is 0 Å². The van der Waals surface area contributed by atoms with E-state index in [4.69, 9.17) is 0 Å². The quantitative estimate of drug-likeness (QED) is 0.485. The molecule has 0 saturated heterocycles. The van der Waals surface area contributed by atoms with Gasteiger partial charge in [0.1, 0.15) is 0 Å². The van der Waals surface area contributed by atoms with Gasteiger partial charge in [0.2, 0.25) is 0 Å². The van der Waals surface area contributed by atoms with Gasteiger partial charge < -0.3 is 0 Å². The van der Waals surface area contributed by atoms with Crippen molar-refractivity contribution in [3.05, 3.63) is 91.0 Å². The topological polar surface area (TPSA) is 0 Å². The molecule has 0 radical (unpaired) electrons. The Bertz CT molecular complexity index is 649. The van der Waals surface area contributed by atoms with Crippen molar-refractivity contribution in [3.8, 4) is 3.03 Å². The Morgan fingerprint density at radius 2 is 0.810 bits per heavy atom. The fourth-order valence-corrected chi connectivity index (χ4v) is 16.5. The summed E-state index contributed by atoms with van der Waals surface area (Å²) in [5.74, 6) is 0. The zero-order chi connectivity index (χ0) is 14.5. The van der Waals surface area contributed by atoms with Crippen molar-refractivity contribution in [2.75, 3.05) is 0 Å². The van der Waals surface area contributed by atoms with E-state index in [0.717, 1.165) is 0 Å². The van der Waals surface area contributed by atoms with E-state index in [-0.39, 0.29) is 0 Å². The van der Waals surface area contributed by atoms with E-state index >= 15 is 0 Å². The molecule has 3 aromatic rings. The van der Waals surface area contributed by atoms with Gasteiger partial charge in [-0.25, -0.2) is 0 Å². The maximum absolute atomic E-state index is 3.84. The van der Waals surface area contributed by atoms with Gasteiger partial charge in [-0.05, 0) is 0 Å². The molecule has 0 aromatic heterocycles. The van der Waals surface area contributed by atoms with E-state index < -0.39 is 13.3 Å². The van der Waals surface area contributed by atoms with Crippen molar-refractivity contribution in [3.63, 3.8) is 0 Å². The first-order valence-corrected chi connectivity index (χ1v) is 12.6. The van der Waals surface area contributed by atoms with Gasteiger partial charge in [0.15, 0.2) is 0 Å². The molecular weight excluding hydrogens is 485 g/mol. The van der Waals surface area contributed by atoms with E-state index in [1.54, 1.807) is 0 Å². The summed E-state index contributed by atoms with van der Waals surface area (Å²) in [6, 6.07) is 32.8. The average Bonchev–Trinajstić information content (AvgIpc) is 2.59. The summed E-state index contributed by atoms with van der Waals surface area (Å²) in [7, 11) is 0. The molecule has 21 heavy (non-hydrogen) atoms. The summed E-state index contributed by atoms with van der Waals surface area (Å²) in [6.45, 7) is 0. The second kappa shape index (κ2) is 6.62. The third-order valence-electron chi connectivity index (χ3n) is 3.77. The molecule has 0 heterocycles. The summed E-state index contributed by atoms with van der Waals surface area (Å²) in [5, 5.41) is 0. The average molecular weight is 500 g/mol. The van der Waals surface area contributed by atoms with Crippen molar-refractivity contribution in [2.24, 2.45) is 0 Å². The van der Waals surface area contributed by atoms with Crippen molar-refractivity contribution < 1.29 is 19.2 Å². The Hall–Kier alpha value is -1.33. The van der Waals surface area contributed by atoms with Gasteiger partial charge in [-0.1, -0.05) is 0 Å². The summed E-state index contributed by atoms with van der Waals surface area (Å²) in [4.78, 5) is 0. The molecule has 0 atom stereocenters. The standard InChI is InChI=1S/C19H15Ge.W/c1-20(17-11-5-2-6-12-17,18-13-7-3-8-14-18)19-15-9-4-10-16-19;/h2-16H;. The van der Waals surface area contributed by atoms with E-state index in [1.807, 2.05) is 0 Å². The van der Waals surface area contributed by atoms with E-state index in [2.05, 4.69) is 94.0 Å². The normalized spacial score (nSPS) is 10.8. The number of hydrogen-bond acceptors (Lipinski definition) is 0. The molecule has 0 spiro atoms. The molecule has 0 aliphatic carbocycles. The van der Waals surface area contributed by atoms with Crippen LogP contribution in [0.25, 0.3) is 0 Å². The van der Waals surface area contributed by atoms with Crippen LogP contribution in [0, 0.1) is 3.03 Å². The second-order valence-electron chi connectivity index (χ2n) is 4.95. The Labute approximate surface area is 139 Å². The van der Waals surface area contributed by atoms with E-state index in [0.29, 0.717) is 0 Å². The van der Waals surface area contributed by atoms with Crippen LogP contribution in [0.15, 0.2) is 91.0 Å². The Morgan fingerprint density at radius 1 is 0.524 bits per heavy atom. The summed E-state index contributed by atoms with van der Waals surface area (Å²) >= 11 is -1.32. The third-order valence-corrected chi connectivity index (χ3v) is 17.7. The molecule has 0 N–H and O–H groups in total. The maximum atomic E-state index is 3.84. The van der Waals surface area contributed by atoms with Gasteiger partial charge in [-0.15, -0.1) is 0 Å². The number of benzene rings is 3. The number of rotatable bonds is 3. The minimum atomic E-state index is -2.75. The first-order chi connectivity index (χ1) is 10.4. The zero-order valence-corrected chi connectivity index (χ0v) is 16.6. The van der Waals surface area contributed by atoms with Crippen LogP contribution < -0.4 is 13.2 Å². The summed E-state index contributed by atoms with van der Waals surface area (Å²) < 4.78 is 8.18. The zero-order valence-electron chi connectivity index (χ0n) is 11.6. The Kier molecular flexibility index (Phi) is 4.60.